The molecule has 0 spiro atoms. The van der Waals surface area contributed by atoms with Crippen molar-refractivity contribution < 1.29 is 4.74 Å². The van der Waals surface area contributed by atoms with Gasteiger partial charge in [0.05, 0.1) is 7.11 Å². The van der Waals surface area contributed by atoms with Crippen LogP contribution in [0.3, 0.4) is 0 Å². The van der Waals surface area contributed by atoms with E-state index in [-0.39, 0.29) is 0 Å². The van der Waals surface area contributed by atoms with Crippen LogP contribution in [0.1, 0.15) is 12.5 Å². The molecule has 0 saturated heterocycles. The van der Waals surface area contributed by atoms with E-state index in [1.807, 2.05) is 6.07 Å². The Hall–Kier alpha value is -1.25. The molecule has 1 aromatic rings. The van der Waals surface area contributed by atoms with Gasteiger partial charge in [-0.3, -0.25) is 0 Å². The molecule has 1 unspecified atom stereocenters. The van der Waals surface area contributed by atoms with Crippen molar-refractivity contribution >= 4 is 5.69 Å². The molecule has 0 radical (unpaired) electrons. The van der Waals surface area contributed by atoms with Gasteiger partial charge in [-0.1, -0.05) is 0 Å². The third-order valence-electron chi connectivity index (χ3n) is 2.73. The summed E-state index contributed by atoms with van der Waals surface area (Å²) >= 11 is 0. The minimum absolute atomic E-state index is 0.549. The zero-order valence-electron chi connectivity index (χ0n) is 8.24. The second-order valence-corrected chi connectivity index (χ2v) is 3.48. The molecule has 1 aromatic heterocycles. The normalized spacial score (nSPS) is 20.2. The summed E-state index contributed by atoms with van der Waals surface area (Å²) < 4.78 is 5.22. The molecule has 0 saturated carbocycles. The first kappa shape index (κ1) is 8.35. The van der Waals surface area contributed by atoms with E-state index in [4.69, 9.17) is 4.74 Å². The quantitative estimate of drug-likeness (QED) is 0.651. The fourth-order valence-corrected chi connectivity index (χ4v) is 1.83. The highest BCUT2D eigenvalue weighted by atomic mass is 16.5. The maximum absolute atomic E-state index is 5.22. The van der Waals surface area contributed by atoms with E-state index in [0.29, 0.717) is 6.04 Å². The van der Waals surface area contributed by atoms with Crippen LogP contribution in [-0.2, 0) is 6.42 Å². The van der Waals surface area contributed by atoms with Gasteiger partial charge >= 0.3 is 0 Å². The van der Waals surface area contributed by atoms with Crippen LogP contribution in [0.5, 0.6) is 5.88 Å². The molecule has 0 fully saturated rings. The number of aromatic nitrogens is 1. The highest BCUT2D eigenvalue weighted by molar-refractivity contribution is 5.61. The van der Waals surface area contributed by atoms with E-state index in [0.717, 1.165) is 12.3 Å². The Morgan fingerprint density at radius 2 is 2.38 bits per heavy atom. The summed E-state index contributed by atoms with van der Waals surface area (Å²) in [4.78, 5) is 6.45. The predicted octanol–water partition coefficient (Wildman–Crippen LogP) is 1.47. The molecule has 2 heterocycles. The minimum Gasteiger partial charge on any atom is -0.481 e. The number of ether oxygens (including phenoxy) is 1. The van der Waals surface area contributed by atoms with E-state index in [2.05, 4.69) is 23.9 Å². The Labute approximate surface area is 78.3 Å². The summed E-state index contributed by atoms with van der Waals surface area (Å²) in [6.45, 7) is 2.21. The molecule has 1 atom stereocenters. The number of likely N-dealkylation sites (N-methyl/N-ethyl adjacent to an activating group) is 1. The van der Waals surface area contributed by atoms with Crippen LogP contribution in [0.2, 0.25) is 0 Å². The molecule has 0 amide bonds. The average molecular weight is 178 g/mol. The predicted molar refractivity (Wildman–Crippen MR) is 52.4 cm³/mol. The van der Waals surface area contributed by atoms with Crippen molar-refractivity contribution in [2.75, 3.05) is 19.1 Å². The van der Waals surface area contributed by atoms with Crippen LogP contribution in [0.25, 0.3) is 0 Å². The fourth-order valence-electron chi connectivity index (χ4n) is 1.83. The SMILES string of the molecule is COc1nccc2c1CC(C)N2C. The number of anilines is 1. The maximum Gasteiger partial charge on any atom is 0.218 e. The van der Waals surface area contributed by atoms with Crippen molar-refractivity contribution in [1.82, 2.24) is 4.98 Å². The lowest BCUT2D eigenvalue weighted by molar-refractivity contribution is 0.393. The second-order valence-electron chi connectivity index (χ2n) is 3.48. The van der Waals surface area contributed by atoms with Crippen molar-refractivity contribution in [3.8, 4) is 5.88 Å². The Kier molecular flexibility index (Phi) is 1.87. The molecule has 1 aliphatic heterocycles. The summed E-state index contributed by atoms with van der Waals surface area (Å²) in [5.74, 6) is 0.772. The zero-order chi connectivity index (χ0) is 9.42. The minimum atomic E-state index is 0.549. The first-order valence-electron chi connectivity index (χ1n) is 4.48. The molecule has 13 heavy (non-hydrogen) atoms. The molecular formula is C10H14N2O. The third kappa shape index (κ3) is 1.15. The summed E-state index contributed by atoms with van der Waals surface area (Å²) in [6, 6.07) is 2.59. The standard InChI is InChI=1S/C10H14N2O/c1-7-6-8-9(12(7)2)4-5-11-10(8)13-3/h4-5,7H,6H2,1-3H3. The van der Waals surface area contributed by atoms with E-state index in [1.54, 1.807) is 13.3 Å². The van der Waals surface area contributed by atoms with Crippen molar-refractivity contribution in [2.45, 2.75) is 19.4 Å². The molecule has 70 valence electrons. The Morgan fingerprint density at radius 1 is 1.62 bits per heavy atom. The highest BCUT2D eigenvalue weighted by Crippen LogP contribution is 2.35. The van der Waals surface area contributed by atoms with E-state index in [9.17, 15) is 0 Å². The molecule has 3 nitrogen and oxygen atoms in total. The number of methoxy groups -OCH3 is 1. The van der Waals surface area contributed by atoms with Crippen LogP contribution in [0, 0.1) is 0 Å². The van der Waals surface area contributed by atoms with E-state index >= 15 is 0 Å². The van der Waals surface area contributed by atoms with Gasteiger partial charge in [-0.25, -0.2) is 4.98 Å². The van der Waals surface area contributed by atoms with E-state index < -0.39 is 0 Å². The van der Waals surface area contributed by atoms with Crippen LogP contribution in [0.15, 0.2) is 12.3 Å². The van der Waals surface area contributed by atoms with Crippen LogP contribution in [0.4, 0.5) is 5.69 Å². The third-order valence-corrected chi connectivity index (χ3v) is 2.73. The Balaban J connectivity index is 2.49. The molecule has 0 aliphatic carbocycles. The Morgan fingerprint density at radius 3 is 3.08 bits per heavy atom. The van der Waals surface area contributed by atoms with E-state index in [1.165, 1.54) is 11.3 Å². The lowest BCUT2D eigenvalue weighted by atomic mass is 10.1. The number of fused-ring (bicyclic) bond motifs is 1. The summed E-state index contributed by atoms with van der Waals surface area (Å²) in [5, 5.41) is 0. The van der Waals surface area contributed by atoms with Gasteiger partial charge in [0.2, 0.25) is 5.88 Å². The van der Waals surface area contributed by atoms with Gasteiger partial charge in [0, 0.05) is 30.5 Å². The van der Waals surface area contributed by atoms with Crippen molar-refractivity contribution in [3.05, 3.63) is 17.8 Å². The lowest BCUT2D eigenvalue weighted by Gasteiger charge is -2.17. The number of nitrogens with zero attached hydrogens (tertiary/aromatic N) is 2. The maximum atomic E-state index is 5.22. The summed E-state index contributed by atoms with van der Waals surface area (Å²) in [5.41, 5.74) is 2.49. The van der Waals surface area contributed by atoms with Gasteiger partial charge < -0.3 is 9.64 Å². The highest BCUT2D eigenvalue weighted by Gasteiger charge is 2.25. The molecule has 1 aliphatic rings. The Bertz CT molecular complexity index is 325. The van der Waals surface area contributed by atoms with Crippen molar-refractivity contribution in [1.29, 1.82) is 0 Å². The molecule has 0 aromatic carbocycles. The number of rotatable bonds is 1. The topological polar surface area (TPSA) is 25.4 Å². The lowest BCUT2D eigenvalue weighted by Crippen LogP contribution is -2.23. The summed E-state index contributed by atoms with van der Waals surface area (Å²) in [6.07, 6.45) is 2.83. The van der Waals surface area contributed by atoms with Gasteiger partial charge in [0.15, 0.2) is 0 Å². The van der Waals surface area contributed by atoms with Gasteiger partial charge in [-0.2, -0.15) is 0 Å². The van der Waals surface area contributed by atoms with Crippen LogP contribution >= 0.6 is 0 Å². The van der Waals surface area contributed by atoms with Gasteiger partial charge in [-0.05, 0) is 19.4 Å². The average Bonchev–Trinajstić information content (AvgIpc) is 2.43. The monoisotopic (exact) mass is 178 g/mol. The number of pyridine rings is 1. The van der Waals surface area contributed by atoms with Gasteiger partial charge in [0.25, 0.3) is 0 Å². The van der Waals surface area contributed by atoms with Crippen LogP contribution in [-0.4, -0.2) is 25.2 Å². The van der Waals surface area contributed by atoms with Crippen molar-refractivity contribution in [2.24, 2.45) is 0 Å². The first-order valence-corrected chi connectivity index (χ1v) is 4.48. The number of hydrogen-bond acceptors (Lipinski definition) is 3. The smallest absolute Gasteiger partial charge is 0.218 e. The summed E-state index contributed by atoms with van der Waals surface area (Å²) in [7, 11) is 3.78. The molecule has 0 N–H and O–H groups in total. The first-order chi connectivity index (χ1) is 6.24. The molecule has 0 bridgehead atoms. The zero-order valence-corrected chi connectivity index (χ0v) is 8.24. The van der Waals surface area contributed by atoms with Gasteiger partial charge in [-0.15, -0.1) is 0 Å². The molecular weight excluding hydrogens is 164 g/mol. The largest absolute Gasteiger partial charge is 0.481 e. The number of hydrogen-bond donors (Lipinski definition) is 0. The fraction of sp³-hybridized carbons (Fsp3) is 0.500. The molecule has 3 heteroatoms. The second kappa shape index (κ2) is 2.91. The molecule has 2 rings (SSSR count). The van der Waals surface area contributed by atoms with Crippen LogP contribution < -0.4 is 9.64 Å². The van der Waals surface area contributed by atoms with Crippen molar-refractivity contribution in [3.63, 3.8) is 0 Å². The van der Waals surface area contributed by atoms with Gasteiger partial charge in [0.1, 0.15) is 0 Å².